The third-order valence-electron chi connectivity index (χ3n) is 5.32. The number of H-pyrrole nitrogens is 1. The topological polar surface area (TPSA) is 57.8 Å². The first kappa shape index (κ1) is 21.0. The highest BCUT2D eigenvalue weighted by Gasteiger charge is 2.17. The molecule has 6 heteroatoms. The van der Waals surface area contributed by atoms with Gasteiger partial charge in [-0.05, 0) is 43.5 Å². The van der Waals surface area contributed by atoms with Gasteiger partial charge in [0.15, 0.2) is 0 Å². The summed E-state index contributed by atoms with van der Waals surface area (Å²) in [6.45, 7) is 6.78. The van der Waals surface area contributed by atoms with Crippen molar-refractivity contribution in [2.45, 2.75) is 39.8 Å². The molecule has 0 fully saturated rings. The van der Waals surface area contributed by atoms with E-state index in [4.69, 9.17) is 4.98 Å². The molecule has 1 atom stereocenters. The van der Waals surface area contributed by atoms with E-state index in [1.54, 1.807) is 11.3 Å². The predicted molar refractivity (Wildman–Crippen MR) is 129 cm³/mol. The summed E-state index contributed by atoms with van der Waals surface area (Å²) in [6.07, 6.45) is 0.948. The maximum atomic E-state index is 13.0. The fraction of sp³-hybridized carbons (Fsp3) is 0.250. The molecule has 4 nitrogen and oxygen atoms in total. The summed E-state index contributed by atoms with van der Waals surface area (Å²) in [5, 5.41) is 4.21. The highest BCUT2D eigenvalue weighted by atomic mass is 79.9. The Morgan fingerprint density at radius 2 is 1.80 bits per heavy atom. The Labute approximate surface area is 188 Å². The molecule has 2 aromatic carbocycles. The van der Waals surface area contributed by atoms with Gasteiger partial charge in [-0.1, -0.05) is 64.8 Å². The Morgan fingerprint density at radius 1 is 1.10 bits per heavy atom. The van der Waals surface area contributed by atoms with Crippen molar-refractivity contribution in [1.82, 2.24) is 15.3 Å². The second-order valence-corrected chi connectivity index (χ2v) is 9.60. The summed E-state index contributed by atoms with van der Waals surface area (Å²) in [6, 6.07) is 16.8. The van der Waals surface area contributed by atoms with Gasteiger partial charge in [-0.15, -0.1) is 11.3 Å². The first-order valence-corrected chi connectivity index (χ1v) is 11.7. The number of rotatable bonds is 6. The van der Waals surface area contributed by atoms with Gasteiger partial charge in [-0.2, -0.15) is 0 Å². The molecule has 0 radical (unpaired) electrons. The Morgan fingerprint density at radius 3 is 2.47 bits per heavy atom. The molecular weight excluding hydrogens is 458 g/mol. The highest BCUT2D eigenvalue weighted by Crippen LogP contribution is 2.35. The molecule has 4 rings (SSSR count). The van der Waals surface area contributed by atoms with Crippen LogP contribution in [0.3, 0.4) is 0 Å². The van der Waals surface area contributed by atoms with Crippen LogP contribution >= 0.6 is 27.3 Å². The molecular formula is C24H24BrN3OS. The van der Waals surface area contributed by atoms with E-state index in [1.807, 2.05) is 12.1 Å². The standard InChI is InChI=1S/C24H24BrN3OS/c1-4-19(16-9-11-18(25)12-10-16)26-13-20-27-23(29)22-21(15(3)30-24(22)28-20)17-7-5-14(2)6-8-17/h5-12,19,26H,4,13H2,1-3H3,(H,27,28,29). The molecule has 4 aromatic rings. The second kappa shape index (κ2) is 8.84. The number of aromatic nitrogens is 2. The number of fused-ring (bicyclic) bond motifs is 1. The molecule has 0 saturated carbocycles. The molecule has 2 heterocycles. The molecule has 0 aliphatic carbocycles. The highest BCUT2D eigenvalue weighted by molar-refractivity contribution is 9.10. The fourth-order valence-electron chi connectivity index (χ4n) is 3.73. The Balaban J connectivity index is 1.63. The quantitative estimate of drug-likeness (QED) is 0.341. The number of aromatic amines is 1. The molecule has 0 aliphatic rings. The van der Waals surface area contributed by atoms with Gasteiger partial charge in [0.25, 0.3) is 5.56 Å². The SMILES string of the molecule is CCC(NCc1nc2sc(C)c(-c3ccc(C)cc3)c2c(=O)[nH]1)c1ccc(Br)cc1. The van der Waals surface area contributed by atoms with E-state index in [1.165, 1.54) is 11.1 Å². The van der Waals surface area contributed by atoms with Gasteiger partial charge in [0.2, 0.25) is 0 Å². The van der Waals surface area contributed by atoms with Crippen molar-refractivity contribution in [2.75, 3.05) is 0 Å². The number of hydrogen-bond donors (Lipinski definition) is 2. The normalized spacial score (nSPS) is 12.4. The molecule has 2 aromatic heterocycles. The minimum atomic E-state index is -0.0755. The first-order chi connectivity index (χ1) is 14.5. The van der Waals surface area contributed by atoms with Gasteiger partial charge in [0.1, 0.15) is 10.7 Å². The van der Waals surface area contributed by atoms with Crippen molar-refractivity contribution in [3.63, 3.8) is 0 Å². The number of hydrogen-bond acceptors (Lipinski definition) is 4. The van der Waals surface area contributed by atoms with Gasteiger partial charge in [0, 0.05) is 21.0 Å². The molecule has 0 saturated heterocycles. The average molecular weight is 482 g/mol. The van der Waals surface area contributed by atoms with E-state index < -0.39 is 0 Å². The number of halogens is 1. The molecule has 0 amide bonds. The average Bonchev–Trinajstić information content (AvgIpc) is 3.06. The number of aryl methyl sites for hydroxylation is 2. The second-order valence-electron chi connectivity index (χ2n) is 7.49. The lowest BCUT2D eigenvalue weighted by Gasteiger charge is -2.17. The molecule has 0 aliphatic heterocycles. The summed E-state index contributed by atoms with van der Waals surface area (Å²) < 4.78 is 1.06. The number of nitrogens with one attached hydrogen (secondary N) is 2. The largest absolute Gasteiger partial charge is 0.309 e. The third-order valence-corrected chi connectivity index (χ3v) is 6.85. The van der Waals surface area contributed by atoms with Crippen LogP contribution in [0.1, 0.15) is 41.2 Å². The van der Waals surface area contributed by atoms with Crippen molar-refractivity contribution in [3.05, 3.63) is 85.2 Å². The van der Waals surface area contributed by atoms with E-state index in [-0.39, 0.29) is 11.6 Å². The summed E-state index contributed by atoms with van der Waals surface area (Å²) >= 11 is 5.06. The Hall–Kier alpha value is -2.28. The molecule has 0 spiro atoms. The van der Waals surface area contributed by atoms with Gasteiger partial charge in [-0.25, -0.2) is 4.98 Å². The van der Waals surface area contributed by atoms with Crippen LogP contribution in [0.15, 0.2) is 57.8 Å². The summed E-state index contributed by atoms with van der Waals surface area (Å²) in [5.41, 5.74) is 4.40. The minimum absolute atomic E-state index is 0.0755. The van der Waals surface area contributed by atoms with Crippen LogP contribution in [0.5, 0.6) is 0 Å². The van der Waals surface area contributed by atoms with Crippen molar-refractivity contribution >= 4 is 37.5 Å². The van der Waals surface area contributed by atoms with Crippen LogP contribution in [0.4, 0.5) is 0 Å². The predicted octanol–water partition coefficient (Wildman–Crippen LogP) is 6.27. The monoisotopic (exact) mass is 481 g/mol. The summed E-state index contributed by atoms with van der Waals surface area (Å²) in [4.78, 5) is 22.6. The van der Waals surface area contributed by atoms with Crippen molar-refractivity contribution in [3.8, 4) is 11.1 Å². The molecule has 30 heavy (non-hydrogen) atoms. The van der Waals surface area contributed by atoms with Crippen LogP contribution in [-0.2, 0) is 6.54 Å². The van der Waals surface area contributed by atoms with Crippen molar-refractivity contribution in [2.24, 2.45) is 0 Å². The number of nitrogens with zero attached hydrogens (tertiary/aromatic N) is 1. The molecule has 154 valence electrons. The van der Waals surface area contributed by atoms with E-state index in [0.717, 1.165) is 31.7 Å². The van der Waals surface area contributed by atoms with Crippen LogP contribution < -0.4 is 10.9 Å². The molecule has 0 bridgehead atoms. The lowest BCUT2D eigenvalue weighted by atomic mass is 10.0. The van der Waals surface area contributed by atoms with E-state index in [9.17, 15) is 4.79 Å². The Bertz CT molecular complexity index is 1230. The van der Waals surface area contributed by atoms with Gasteiger partial charge in [-0.3, -0.25) is 4.79 Å². The van der Waals surface area contributed by atoms with E-state index in [2.05, 4.69) is 83.4 Å². The zero-order valence-electron chi connectivity index (χ0n) is 17.3. The Kier molecular flexibility index (Phi) is 6.18. The van der Waals surface area contributed by atoms with Crippen LogP contribution in [0.25, 0.3) is 21.3 Å². The van der Waals surface area contributed by atoms with Crippen LogP contribution in [0, 0.1) is 13.8 Å². The van der Waals surface area contributed by atoms with Gasteiger partial charge in [0.05, 0.1) is 11.9 Å². The zero-order valence-corrected chi connectivity index (χ0v) is 19.7. The lowest BCUT2D eigenvalue weighted by molar-refractivity contribution is 0.509. The van der Waals surface area contributed by atoms with E-state index in [0.29, 0.717) is 17.8 Å². The summed E-state index contributed by atoms with van der Waals surface area (Å²) in [5.74, 6) is 0.666. The van der Waals surface area contributed by atoms with Gasteiger partial charge < -0.3 is 10.3 Å². The van der Waals surface area contributed by atoms with Crippen LogP contribution in [-0.4, -0.2) is 9.97 Å². The maximum Gasteiger partial charge on any atom is 0.260 e. The number of thiophene rings is 1. The molecule has 1 unspecified atom stereocenters. The lowest BCUT2D eigenvalue weighted by Crippen LogP contribution is -2.23. The van der Waals surface area contributed by atoms with Crippen molar-refractivity contribution in [1.29, 1.82) is 0 Å². The smallest absolute Gasteiger partial charge is 0.260 e. The third kappa shape index (κ3) is 4.26. The zero-order chi connectivity index (χ0) is 21.3. The fourth-order valence-corrected chi connectivity index (χ4v) is 5.06. The first-order valence-electron chi connectivity index (χ1n) is 10.0. The number of benzene rings is 2. The molecule has 2 N–H and O–H groups in total. The van der Waals surface area contributed by atoms with Crippen molar-refractivity contribution < 1.29 is 0 Å². The van der Waals surface area contributed by atoms with Crippen LogP contribution in [0.2, 0.25) is 0 Å². The minimum Gasteiger partial charge on any atom is -0.309 e. The van der Waals surface area contributed by atoms with Gasteiger partial charge >= 0.3 is 0 Å². The maximum absolute atomic E-state index is 13.0. The van der Waals surface area contributed by atoms with E-state index >= 15 is 0 Å². The summed E-state index contributed by atoms with van der Waals surface area (Å²) in [7, 11) is 0.